The van der Waals surface area contributed by atoms with Gasteiger partial charge in [-0.15, -0.1) is 0 Å². The van der Waals surface area contributed by atoms with Crippen LogP contribution in [-0.2, 0) is 16.0 Å². The average molecular weight is 436 g/mol. The number of likely N-dealkylation sites (N-methyl/N-ethyl adjacent to an activating group) is 1. The first-order valence-electron chi connectivity index (χ1n) is 10.5. The highest BCUT2D eigenvalue weighted by Crippen LogP contribution is 2.24. The van der Waals surface area contributed by atoms with Gasteiger partial charge in [0.25, 0.3) is 0 Å². The Balaban J connectivity index is 2.13. The van der Waals surface area contributed by atoms with E-state index < -0.39 is 11.9 Å². The van der Waals surface area contributed by atoms with Crippen LogP contribution in [-0.4, -0.2) is 75.7 Å². The summed E-state index contributed by atoms with van der Waals surface area (Å²) in [7, 11) is 3.67. The molecule has 0 spiro atoms. The Bertz CT molecular complexity index is 772. The van der Waals surface area contributed by atoms with Crippen LogP contribution in [0.1, 0.15) is 18.9 Å². The summed E-state index contributed by atoms with van der Waals surface area (Å²) >= 11 is 0. The molecule has 1 aromatic carbocycles. The molecule has 1 aliphatic heterocycles. The highest BCUT2D eigenvalue weighted by atomic mass is 19.1. The van der Waals surface area contributed by atoms with Crippen molar-refractivity contribution in [1.29, 1.82) is 0 Å². The SMILES string of the molecule is C=C1CN[C@@H](C)COc2c(F)cccc2CCCNC(=O)C(CN(C)C)NC(=O)CN1. The van der Waals surface area contributed by atoms with Crippen LogP contribution in [0, 0.1) is 5.82 Å². The lowest BCUT2D eigenvalue weighted by molar-refractivity contribution is -0.128. The van der Waals surface area contributed by atoms with E-state index in [0.29, 0.717) is 38.2 Å². The van der Waals surface area contributed by atoms with Gasteiger partial charge < -0.3 is 30.9 Å². The number of aryl methyl sites for hydroxylation is 1. The lowest BCUT2D eigenvalue weighted by atomic mass is 10.1. The number of rotatable bonds is 2. The Labute approximate surface area is 183 Å². The van der Waals surface area contributed by atoms with Crippen molar-refractivity contribution < 1.29 is 18.7 Å². The van der Waals surface area contributed by atoms with E-state index in [1.807, 2.05) is 32.0 Å². The molecule has 0 saturated carbocycles. The van der Waals surface area contributed by atoms with Crippen molar-refractivity contribution in [1.82, 2.24) is 26.2 Å². The molecule has 1 aromatic rings. The molecule has 9 heteroatoms. The third-order valence-electron chi connectivity index (χ3n) is 4.81. The molecule has 2 atom stereocenters. The molecular formula is C22H34FN5O3. The molecule has 1 unspecified atom stereocenters. The Hall–Kier alpha value is -2.65. The molecule has 1 aliphatic rings. The summed E-state index contributed by atoms with van der Waals surface area (Å²) in [5.41, 5.74) is 1.38. The molecule has 1 heterocycles. The molecule has 31 heavy (non-hydrogen) atoms. The Morgan fingerprint density at radius 3 is 2.74 bits per heavy atom. The van der Waals surface area contributed by atoms with Gasteiger partial charge in [0.05, 0.1) is 6.54 Å². The van der Waals surface area contributed by atoms with E-state index in [0.717, 1.165) is 5.56 Å². The maximum atomic E-state index is 14.3. The molecule has 2 rings (SSSR count). The van der Waals surface area contributed by atoms with E-state index >= 15 is 0 Å². The number of benzene rings is 1. The van der Waals surface area contributed by atoms with Gasteiger partial charge in [0.1, 0.15) is 12.6 Å². The van der Waals surface area contributed by atoms with Gasteiger partial charge in [0, 0.05) is 31.4 Å². The number of fused-ring (bicyclic) bond motifs is 1. The van der Waals surface area contributed by atoms with Crippen molar-refractivity contribution in [2.45, 2.75) is 31.8 Å². The lowest BCUT2D eigenvalue weighted by Crippen LogP contribution is -2.53. The fraction of sp³-hybridized carbons (Fsp3) is 0.545. The van der Waals surface area contributed by atoms with Gasteiger partial charge in [-0.1, -0.05) is 18.7 Å². The number of nitrogens with one attached hydrogen (secondary N) is 4. The number of halogens is 1. The van der Waals surface area contributed by atoms with Gasteiger partial charge in [0.15, 0.2) is 11.6 Å². The van der Waals surface area contributed by atoms with Crippen molar-refractivity contribution in [2.75, 3.05) is 46.9 Å². The second-order valence-corrected chi connectivity index (χ2v) is 8.06. The van der Waals surface area contributed by atoms with Gasteiger partial charge in [-0.3, -0.25) is 9.59 Å². The minimum absolute atomic E-state index is 0.0151. The highest BCUT2D eigenvalue weighted by Gasteiger charge is 2.21. The monoisotopic (exact) mass is 435 g/mol. The summed E-state index contributed by atoms with van der Waals surface area (Å²) in [5, 5.41) is 11.8. The Kier molecular flexibility index (Phi) is 9.74. The number of hydrogen-bond acceptors (Lipinski definition) is 6. The lowest BCUT2D eigenvalue weighted by Gasteiger charge is -2.23. The van der Waals surface area contributed by atoms with Crippen LogP contribution in [0.25, 0.3) is 0 Å². The average Bonchev–Trinajstić information content (AvgIpc) is 2.71. The van der Waals surface area contributed by atoms with Gasteiger partial charge in [-0.05, 0) is 45.5 Å². The number of carbonyl (C=O) groups excluding carboxylic acids is 2. The number of para-hydroxylation sites is 1. The topological polar surface area (TPSA) is 94.7 Å². The number of nitrogens with zero attached hydrogens (tertiary/aromatic N) is 1. The fourth-order valence-corrected chi connectivity index (χ4v) is 3.16. The zero-order valence-electron chi connectivity index (χ0n) is 18.6. The predicted octanol–water partition coefficient (Wildman–Crippen LogP) is 0.395. The van der Waals surface area contributed by atoms with E-state index in [-0.39, 0.29) is 36.8 Å². The Morgan fingerprint density at radius 2 is 2.00 bits per heavy atom. The molecule has 172 valence electrons. The second-order valence-electron chi connectivity index (χ2n) is 8.06. The van der Waals surface area contributed by atoms with E-state index in [1.165, 1.54) is 6.07 Å². The zero-order chi connectivity index (χ0) is 22.8. The highest BCUT2D eigenvalue weighted by molar-refractivity contribution is 5.88. The Morgan fingerprint density at radius 1 is 1.23 bits per heavy atom. The maximum Gasteiger partial charge on any atom is 0.243 e. The minimum Gasteiger partial charge on any atom is -0.489 e. The molecule has 0 radical (unpaired) electrons. The van der Waals surface area contributed by atoms with Crippen LogP contribution in [0.2, 0.25) is 0 Å². The molecule has 0 aliphatic carbocycles. The summed E-state index contributed by atoms with van der Waals surface area (Å²) in [6, 6.07) is 4.13. The maximum absolute atomic E-state index is 14.3. The van der Waals surface area contributed by atoms with Crippen molar-refractivity contribution in [3.8, 4) is 5.75 Å². The van der Waals surface area contributed by atoms with Crippen molar-refractivity contribution in [2.24, 2.45) is 0 Å². The first-order valence-corrected chi connectivity index (χ1v) is 10.5. The summed E-state index contributed by atoms with van der Waals surface area (Å²) in [5.74, 6) is -0.695. The van der Waals surface area contributed by atoms with Crippen LogP contribution < -0.4 is 26.0 Å². The third kappa shape index (κ3) is 8.55. The van der Waals surface area contributed by atoms with Gasteiger partial charge >= 0.3 is 0 Å². The molecule has 0 aromatic heterocycles. The predicted molar refractivity (Wildman–Crippen MR) is 118 cm³/mol. The smallest absolute Gasteiger partial charge is 0.243 e. The number of ether oxygens (including phenoxy) is 1. The second kappa shape index (κ2) is 12.3. The van der Waals surface area contributed by atoms with Crippen LogP contribution >= 0.6 is 0 Å². The number of amides is 2. The van der Waals surface area contributed by atoms with Gasteiger partial charge in [-0.2, -0.15) is 0 Å². The third-order valence-corrected chi connectivity index (χ3v) is 4.81. The van der Waals surface area contributed by atoms with Gasteiger partial charge in [0.2, 0.25) is 11.8 Å². The summed E-state index contributed by atoms with van der Waals surface area (Å²) in [6.45, 7) is 7.33. The van der Waals surface area contributed by atoms with E-state index in [1.54, 1.807) is 6.07 Å². The van der Waals surface area contributed by atoms with Gasteiger partial charge in [-0.25, -0.2) is 4.39 Å². The van der Waals surface area contributed by atoms with Crippen LogP contribution in [0.15, 0.2) is 30.5 Å². The molecule has 8 nitrogen and oxygen atoms in total. The van der Waals surface area contributed by atoms with E-state index in [4.69, 9.17) is 4.74 Å². The van der Waals surface area contributed by atoms with Crippen LogP contribution in [0.5, 0.6) is 5.75 Å². The first-order chi connectivity index (χ1) is 14.8. The van der Waals surface area contributed by atoms with Crippen LogP contribution in [0.4, 0.5) is 4.39 Å². The van der Waals surface area contributed by atoms with Crippen molar-refractivity contribution in [3.63, 3.8) is 0 Å². The van der Waals surface area contributed by atoms with Crippen molar-refractivity contribution >= 4 is 11.8 Å². The molecule has 0 saturated heterocycles. The first kappa shape index (κ1) is 24.6. The number of hydrogen-bond donors (Lipinski definition) is 4. The van der Waals surface area contributed by atoms with E-state index in [2.05, 4.69) is 27.8 Å². The summed E-state index contributed by atoms with van der Waals surface area (Å²) in [4.78, 5) is 26.7. The van der Waals surface area contributed by atoms with E-state index in [9.17, 15) is 14.0 Å². The molecule has 0 bridgehead atoms. The molecule has 4 N–H and O–H groups in total. The normalized spacial score (nSPS) is 22.3. The molecular weight excluding hydrogens is 401 g/mol. The summed E-state index contributed by atoms with van der Waals surface area (Å²) < 4.78 is 20.1. The van der Waals surface area contributed by atoms with Crippen LogP contribution in [0.3, 0.4) is 0 Å². The quantitative estimate of drug-likeness (QED) is 0.537. The van der Waals surface area contributed by atoms with Crippen molar-refractivity contribution in [3.05, 3.63) is 41.9 Å². The molecule has 0 fully saturated rings. The largest absolute Gasteiger partial charge is 0.489 e. The number of carbonyl (C=O) groups is 2. The zero-order valence-corrected chi connectivity index (χ0v) is 18.6. The fourth-order valence-electron chi connectivity index (χ4n) is 3.16. The minimum atomic E-state index is -0.678. The summed E-state index contributed by atoms with van der Waals surface area (Å²) in [6.07, 6.45) is 1.17. The molecule has 2 amide bonds. The standard InChI is InChI=1S/C22H34FN5O3/c1-15-11-25-16(2)14-31-21-17(7-5-9-18(21)23)8-6-10-24-22(30)19(13-28(3)4)27-20(29)12-26-15/h5,7,9,16,19,25-26H,1,6,8,10-14H2,2-4H3,(H,24,30)(H,27,29)/t16-,19?/m0/s1.